The first-order valence-corrected chi connectivity index (χ1v) is 8.93. The number of rotatable bonds is 5. The third-order valence-electron chi connectivity index (χ3n) is 4.69. The lowest BCUT2D eigenvalue weighted by atomic mass is 10.1. The average Bonchev–Trinajstić information content (AvgIpc) is 3.32. The van der Waals surface area contributed by atoms with Crippen molar-refractivity contribution in [3.05, 3.63) is 59.0 Å². The van der Waals surface area contributed by atoms with E-state index in [9.17, 15) is 9.90 Å². The number of oxazole rings is 1. The number of aromatic nitrogens is 1. The number of fused-ring (bicyclic) bond motifs is 1. The molecule has 0 atom stereocenters. The standard InChI is InChI=1S/C21H20N2O5/c1-12-16(23-21(28-12)15-3-5-17(24)19(10-15)26-2)11-22-20(25)14-4-6-18-13(9-14)7-8-27-18/h3-6,9-10,24H,7-8,11H2,1-2H3,(H,22,25). The van der Waals surface area contributed by atoms with Crippen molar-refractivity contribution in [1.82, 2.24) is 10.3 Å². The van der Waals surface area contributed by atoms with E-state index < -0.39 is 0 Å². The van der Waals surface area contributed by atoms with Gasteiger partial charge in [0.05, 0.1) is 20.3 Å². The monoisotopic (exact) mass is 380 g/mol. The highest BCUT2D eigenvalue weighted by Crippen LogP contribution is 2.32. The summed E-state index contributed by atoms with van der Waals surface area (Å²) in [5.74, 6) is 2.06. The molecule has 4 rings (SSSR count). The molecule has 0 radical (unpaired) electrons. The second-order valence-electron chi connectivity index (χ2n) is 6.51. The number of benzene rings is 2. The first-order valence-electron chi connectivity index (χ1n) is 8.93. The maximum atomic E-state index is 12.5. The lowest BCUT2D eigenvalue weighted by Crippen LogP contribution is -2.23. The molecule has 7 nitrogen and oxygen atoms in total. The summed E-state index contributed by atoms with van der Waals surface area (Å²) in [7, 11) is 1.48. The van der Waals surface area contributed by atoms with Crippen LogP contribution in [-0.4, -0.2) is 29.7 Å². The minimum absolute atomic E-state index is 0.0433. The van der Waals surface area contributed by atoms with Crippen molar-refractivity contribution in [2.75, 3.05) is 13.7 Å². The Hall–Kier alpha value is -3.48. The molecule has 144 valence electrons. The largest absolute Gasteiger partial charge is 0.504 e. The molecule has 0 aliphatic carbocycles. The molecule has 1 aromatic heterocycles. The highest BCUT2D eigenvalue weighted by molar-refractivity contribution is 5.94. The van der Waals surface area contributed by atoms with Crippen molar-refractivity contribution in [2.24, 2.45) is 0 Å². The van der Waals surface area contributed by atoms with Gasteiger partial charge in [-0.3, -0.25) is 4.79 Å². The van der Waals surface area contributed by atoms with Crippen LogP contribution >= 0.6 is 0 Å². The molecule has 2 aromatic carbocycles. The molecule has 2 heterocycles. The predicted octanol–water partition coefficient (Wildman–Crippen LogP) is 3.23. The molecule has 1 aliphatic rings. The number of carbonyl (C=O) groups is 1. The Balaban J connectivity index is 1.48. The number of nitrogens with zero attached hydrogens (tertiary/aromatic N) is 1. The minimum Gasteiger partial charge on any atom is -0.504 e. The summed E-state index contributed by atoms with van der Waals surface area (Å²) < 4.78 is 16.3. The van der Waals surface area contributed by atoms with E-state index in [2.05, 4.69) is 10.3 Å². The number of hydrogen-bond acceptors (Lipinski definition) is 6. The number of carbonyl (C=O) groups excluding carboxylic acids is 1. The van der Waals surface area contributed by atoms with Crippen LogP contribution in [0.4, 0.5) is 0 Å². The fourth-order valence-electron chi connectivity index (χ4n) is 3.12. The molecule has 28 heavy (non-hydrogen) atoms. The van der Waals surface area contributed by atoms with E-state index in [1.54, 1.807) is 25.1 Å². The first kappa shape index (κ1) is 17.9. The Morgan fingerprint density at radius 1 is 1.29 bits per heavy atom. The maximum absolute atomic E-state index is 12.5. The van der Waals surface area contributed by atoms with Crippen molar-refractivity contribution in [3.8, 4) is 28.7 Å². The predicted molar refractivity (Wildman–Crippen MR) is 102 cm³/mol. The van der Waals surface area contributed by atoms with Crippen molar-refractivity contribution in [1.29, 1.82) is 0 Å². The van der Waals surface area contributed by atoms with Gasteiger partial charge in [0.15, 0.2) is 11.5 Å². The molecule has 3 aromatic rings. The van der Waals surface area contributed by atoms with Gasteiger partial charge < -0.3 is 24.3 Å². The van der Waals surface area contributed by atoms with E-state index in [4.69, 9.17) is 13.9 Å². The number of methoxy groups -OCH3 is 1. The Bertz CT molecular complexity index is 1040. The molecule has 0 saturated heterocycles. The highest BCUT2D eigenvalue weighted by Gasteiger charge is 2.17. The average molecular weight is 380 g/mol. The fourth-order valence-corrected chi connectivity index (χ4v) is 3.12. The molecule has 0 unspecified atom stereocenters. The summed E-state index contributed by atoms with van der Waals surface area (Å²) in [6, 6.07) is 10.3. The third kappa shape index (κ3) is 3.38. The number of phenolic OH excluding ortho intramolecular Hbond substituents is 1. The number of amides is 1. The summed E-state index contributed by atoms with van der Waals surface area (Å²) in [5.41, 5.74) is 2.96. The van der Waals surface area contributed by atoms with Crippen LogP contribution in [0.1, 0.15) is 27.4 Å². The van der Waals surface area contributed by atoms with Crippen LogP contribution in [0.15, 0.2) is 40.8 Å². The van der Waals surface area contributed by atoms with Gasteiger partial charge in [0.1, 0.15) is 17.2 Å². The Morgan fingerprint density at radius 2 is 2.14 bits per heavy atom. The Morgan fingerprint density at radius 3 is 2.96 bits per heavy atom. The van der Waals surface area contributed by atoms with Crippen molar-refractivity contribution in [2.45, 2.75) is 19.9 Å². The van der Waals surface area contributed by atoms with Crippen molar-refractivity contribution >= 4 is 5.91 Å². The molecule has 0 bridgehead atoms. The number of nitrogens with one attached hydrogen (secondary N) is 1. The van der Waals surface area contributed by atoms with E-state index >= 15 is 0 Å². The normalized spacial score (nSPS) is 12.4. The van der Waals surface area contributed by atoms with Gasteiger partial charge in [-0.1, -0.05) is 0 Å². The van der Waals surface area contributed by atoms with Crippen LogP contribution in [0.3, 0.4) is 0 Å². The van der Waals surface area contributed by atoms with Crippen LogP contribution in [0.5, 0.6) is 17.2 Å². The van der Waals surface area contributed by atoms with Gasteiger partial charge in [0.25, 0.3) is 5.91 Å². The third-order valence-corrected chi connectivity index (χ3v) is 4.69. The summed E-state index contributed by atoms with van der Waals surface area (Å²) >= 11 is 0. The van der Waals surface area contributed by atoms with Crippen LogP contribution < -0.4 is 14.8 Å². The van der Waals surface area contributed by atoms with E-state index in [1.807, 2.05) is 12.1 Å². The summed E-state index contributed by atoms with van der Waals surface area (Å²) in [5, 5.41) is 12.6. The Labute approximate surface area is 161 Å². The lowest BCUT2D eigenvalue weighted by molar-refractivity contribution is 0.0950. The van der Waals surface area contributed by atoms with Crippen LogP contribution in [-0.2, 0) is 13.0 Å². The number of aromatic hydroxyl groups is 1. The van der Waals surface area contributed by atoms with Gasteiger partial charge >= 0.3 is 0 Å². The summed E-state index contributed by atoms with van der Waals surface area (Å²) in [6.45, 7) is 2.70. The zero-order chi connectivity index (χ0) is 19.7. The second-order valence-corrected chi connectivity index (χ2v) is 6.51. The van der Waals surface area contributed by atoms with Gasteiger partial charge in [-0.05, 0) is 48.9 Å². The molecule has 2 N–H and O–H groups in total. The van der Waals surface area contributed by atoms with E-state index in [0.29, 0.717) is 40.8 Å². The summed E-state index contributed by atoms with van der Waals surface area (Å²) in [4.78, 5) is 16.9. The topological polar surface area (TPSA) is 93.8 Å². The fraction of sp³-hybridized carbons (Fsp3) is 0.238. The second kappa shape index (κ2) is 7.26. The Kier molecular flexibility index (Phi) is 4.65. The van der Waals surface area contributed by atoms with Crippen molar-refractivity contribution in [3.63, 3.8) is 0 Å². The van der Waals surface area contributed by atoms with Crippen LogP contribution in [0.25, 0.3) is 11.5 Å². The minimum atomic E-state index is -0.176. The van der Waals surface area contributed by atoms with Gasteiger partial charge in [-0.15, -0.1) is 0 Å². The maximum Gasteiger partial charge on any atom is 0.251 e. The highest BCUT2D eigenvalue weighted by atomic mass is 16.5. The molecular weight excluding hydrogens is 360 g/mol. The van der Waals surface area contributed by atoms with Crippen LogP contribution in [0.2, 0.25) is 0 Å². The zero-order valence-electron chi connectivity index (χ0n) is 15.6. The summed E-state index contributed by atoms with van der Waals surface area (Å²) in [6.07, 6.45) is 0.818. The first-order chi connectivity index (χ1) is 13.5. The van der Waals surface area contributed by atoms with E-state index in [0.717, 1.165) is 17.7 Å². The molecule has 1 aliphatic heterocycles. The van der Waals surface area contributed by atoms with E-state index in [-0.39, 0.29) is 18.2 Å². The molecule has 1 amide bonds. The molecule has 0 saturated carbocycles. The molecule has 0 spiro atoms. The number of aryl methyl sites for hydroxylation is 1. The molecule has 0 fully saturated rings. The number of hydrogen-bond donors (Lipinski definition) is 2. The van der Waals surface area contributed by atoms with Crippen LogP contribution in [0, 0.1) is 6.92 Å². The van der Waals surface area contributed by atoms with Crippen molar-refractivity contribution < 1.29 is 23.8 Å². The molecular formula is C21H20N2O5. The smallest absolute Gasteiger partial charge is 0.251 e. The van der Waals surface area contributed by atoms with Gasteiger partial charge in [-0.25, -0.2) is 4.98 Å². The number of phenols is 1. The molecule has 7 heteroatoms. The van der Waals surface area contributed by atoms with Gasteiger partial charge in [0, 0.05) is 17.5 Å². The van der Waals surface area contributed by atoms with E-state index in [1.165, 1.54) is 13.2 Å². The lowest BCUT2D eigenvalue weighted by Gasteiger charge is -2.05. The quantitative estimate of drug-likeness (QED) is 0.706. The zero-order valence-corrected chi connectivity index (χ0v) is 15.6. The SMILES string of the molecule is COc1cc(-c2nc(CNC(=O)c3ccc4c(c3)CCO4)c(C)o2)ccc1O. The van der Waals surface area contributed by atoms with Gasteiger partial charge in [0.2, 0.25) is 5.89 Å². The van der Waals surface area contributed by atoms with Gasteiger partial charge in [-0.2, -0.15) is 0 Å². The number of ether oxygens (including phenoxy) is 2.